The summed E-state index contributed by atoms with van der Waals surface area (Å²) in [7, 11) is 0. The van der Waals surface area contributed by atoms with Gasteiger partial charge in [-0.1, -0.05) is 40.2 Å². The molecule has 1 amide bonds. The van der Waals surface area contributed by atoms with Crippen LogP contribution >= 0.6 is 15.9 Å². The third-order valence-electron chi connectivity index (χ3n) is 3.00. The Balaban J connectivity index is 2.13. The summed E-state index contributed by atoms with van der Waals surface area (Å²) in [6, 6.07) is 14.8. The van der Waals surface area contributed by atoms with Crippen molar-refractivity contribution in [2.24, 2.45) is 0 Å². The van der Waals surface area contributed by atoms with Gasteiger partial charge in [-0.15, -0.1) is 0 Å². The van der Waals surface area contributed by atoms with Gasteiger partial charge in [-0.25, -0.2) is 4.79 Å². The number of benzene rings is 2. The number of nitrogens with one attached hydrogen (secondary N) is 1. The van der Waals surface area contributed by atoms with E-state index < -0.39 is 11.9 Å². The molecule has 2 N–H and O–H groups in total. The Labute approximate surface area is 148 Å². The number of carbonyl (C=O) groups excluding carboxylic acids is 1. The Kier molecular flexibility index (Phi) is 6.14. The number of aliphatic carboxylic acids is 1. The zero-order valence-corrected chi connectivity index (χ0v) is 14.5. The maximum atomic E-state index is 11.1. The molecule has 2 aromatic carbocycles. The normalized spacial score (nSPS) is 11.0. The number of carboxylic acids is 1. The lowest BCUT2D eigenvalue weighted by Crippen LogP contribution is -2.24. The lowest BCUT2D eigenvalue weighted by Gasteiger charge is -2.08. The number of halogens is 1. The molecular weight excluding hydrogens is 374 g/mol. The molecule has 0 aliphatic heterocycles. The quantitative estimate of drug-likeness (QED) is 0.740. The van der Waals surface area contributed by atoms with Gasteiger partial charge < -0.3 is 15.2 Å². The molecule has 0 saturated carbocycles. The predicted molar refractivity (Wildman–Crippen MR) is 94.3 cm³/mol. The van der Waals surface area contributed by atoms with E-state index in [1.165, 1.54) is 13.0 Å². The Bertz CT molecular complexity index is 786. The van der Waals surface area contributed by atoms with Gasteiger partial charge in [0.25, 0.3) is 0 Å². The second-order valence-electron chi connectivity index (χ2n) is 5.04. The standard InChI is InChI=1S/C18H16BrNO4/c1-12(21)20-17(18(22)23)10-13-4-3-7-16(9-13)24-11-14-5-2-6-15(19)8-14/h2-10H,11H2,1H3,(H,20,21)(H,22,23)/b17-10+. The highest BCUT2D eigenvalue weighted by molar-refractivity contribution is 9.10. The largest absolute Gasteiger partial charge is 0.489 e. The van der Waals surface area contributed by atoms with Crippen molar-refractivity contribution in [3.8, 4) is 5.75 Å². The zero-order chi connectivity index (χ0) is 17.5. The molecule has 0 bridgehead atoms. The number of ether oxygens (including phenoxy) is 1. The topological polar surface area (TPSA) is 75.6 Å². The monoisotopic (exact) mass is 389 g/mol. The first-order chi connectivity index (χ1) is 11.4. The Morgan fingerprint density at radius 1 is 1.21 bits per heavy atom. The Hall–Kier alpha value is -2.60. The third-order valence-corrected chi connectivity index (χ3v) is 3.50. The van der Waals surface area contributed by atoms with Crippen LogP contribution in [0.1, 0.15) is 18.1 Å². The highest BCUT2D eigenvalue weighted by atomic mass is 79.9. The average molecular weight is 390 g/mol. The molecule has 6 heteroatoms. The molecule has 0 heterocycles. The van der Waals surface area contributed by atoms with E-state index in [-0.39, 0.29) is 5.70 Å². The van der Waals surface area contributed by atoms with E-state index in [1.54, 1.807) is 24.3 Å². The number of carbonyl (C=O) groups is 2. The van der Waals surface area contributed by atoms with Crippen molar-refractivity contribution in [3.63, 3.8) is 0 Å². The van der Waals surface area contributed by atoms with Crippen molar-refractivity contribution >= 4 is 33.9 Å². The first kappa shape index (κ1) is 17.7. The van der Waals surface area contributed by atoms with Crippen LogP contribution in [0, 0.1) is 0 Å². The van der Waals surface area contributed by atoms with Crippen LogP contribution in [0.25, 0.3) is 6.08 Å². The van der Waals surface area contributed by atoms with Crippen molar-refractivity contribution in [3.05, 3.63) is 69.8 Å². The first-order valence-corrected chi connectivity index (χ1v) is 7.93. The van der Waals surface area contributed by atoms with Crippen molar-refractivity contribution in [2.75, 3.05) is 0 Å². The van der Waals surface area contributed by atoms with Gasteiger partial charge >= 0.3 is 5.97 Å². The molecule has 0 atom stereocenters. The van der Waals surface area contributed by atoms with E-state index in [0.717, 1.165) is 10.0 Å². The second-order valence-corrected chi connectivity index (χ2v) is 5.95. The van der Waals surface area contributed by atoms with Gasteiger partial charge in [0.2, 0.25) is 5.91 Å². The van der Waals surface area contributed by atoms with Gasteiger partial charge in [0.05, 0.1) is 0 Å². The van der Waals surface area contributed by atoms with Crippen LogP contribution in [0.5, 0.6) is 5.75 Å². The average Bonchev–Trinajstić information content (AvgIpc) is 2.52. The lowest BCUT2D eigenvalue weighted by atomic mass is 10.1. The van der Waals surface area contributed by atoms with E-state index in [4.69, 9.17) is 9.84 Å². The molecule has 0 saturated heterocycles. The summed E-state index contributed by atoms with van der Waals surface area (Å²) in [4.78, 5) is 22.2. The maximum Gasteiger partial charge on any atom is 0.352 e. The highest BCUT2D eigenvalue weighted by Gasteiger charge is 2.09. The summed E-state index contributed by atoms with van der Waals surface area (Å²) in [6.07, 6.45) is 1.38. The van der Waals surface area contributed by atoms with Gasteiger partial charge in [-0.05, 0) is 41.5 Å². The highest BCUT2D eigenvalue weighted by Crippen LogP contribution is 2.18. The number of amides is 1. The third kappa shape index (κ3) is 5.55. The molecule has 0 aliphatic rings. The van der Waals surface area contributed by atoms with E-state index in [0.29, 0.717) is 17.9 Å². The van der Waals surface area contributed by atoms with Crippen LogP contribution in [-0.2, 0) is 16.2 Å². The molecule has 0 radical (unpaired) electrons. The summed E-state index contributed by atoms with van der Waals surface area (Å²) >= 11 is 3.41. The number of hydrogen-bond donors (Lipinski definition) is 2. The summed E-state index contributed by atoms with van der Waals surface area (Å²) in [6.45, 7) is 1.65. The Morgan fingerprint density at radius 2 is 1.96 bits per heavy atom. The van der Waals surface area contributed by atoms with Gasteiger partial charge in [0.1, 0.15) is 18.1 Å². The summed E-state index contributed by atoms with van der Waals surface area (Å²) in [5.74, 6) is -1.03. The molecule has 5 nitrogen and oxygen atoms in total. The van der Waals surface area contributed by atoms with Gasteiger partial charge in [-0.3, -0.25) is 4.79 Å². The fraction of sp³-hybridized carbons (Fsp3) is 0.111. The van der Waals surface area contributed by atoms with E-state index in [1.807, 2.05) is 24.3 Å². The Morgan fingerprint density at radius 3 is 2.62 bits per heavy atom. The lowest BCUT2D eigenvalue weighted by molar-refractivity contribution is -0.134. The molecular formula is C18H16BrNO4. The van der Waals surface area contributed by atoms with Crippen LogP contribution < -0.4 is 10.1 Å². The van der Waals surface area contributed by atoms with Crippen LogP contribution in [0.2, 0.25) is 0 Å². The van der Waals surface area contributed by atoms with Gasteiger partial charge in [-0.2, -0.15) is 0 Å². The zero-order valence-electron chi connectivity index (χ0n) is 13.0. The second kappa shape index (κ2) is 8.31. The summed E-state index contributed by atoms with van der Waals surface area (Å²) in [5, 5.41) is 11.4. The van der Waals surface area contributed by atoms with E-state index >= 15 is 0 Å². The summed E-state index contributed by atoms with van der Waals surface area (Å²) < 4.78 is 6.70. The maximum absolute atomic E-state index is 11.1. The molecule has 2 rings (SSSR count). The molecule has 2 aromatic rings. The number of hydrogen-bond acceptors (Lipinski definition) is 3. The van der Waals surface area contributed by atoms with Crippen LogP contribution in [0.4, 0.5) is 0 Å². The molecule has 124 valence electrons. The smallest absolute Gasteiger partial charge is 0.352 e. The molecule has 0 aliphatic carbocycles. The molecule has 0 aromatic heterocycles. The minimum Gasteiger partial charge on any atom is -0.489 e. The van der Waals surface area contributed by atoms with E-state index in [2.05, 4.69) is 21.2 Å². The van der Waals surface area contributed by atoms with E-state index in [9.17, 15) is 9.59 Å². The summed E-state index contributed by atoms with van der Waals surface area (Å²) in [5.41, 5.74) is 1.44. The molecule has 24 heavy (non-hydrogen) atoms. The number of rotatable bonds is 6. The molecule has 0 fully saturated rings. The van der Waals surface area contributed by atoms with Gasteiger partial charge in [0.15, 0.2) is 0 Å². The predicted octanol–water partition coefficient (Wildman–Crippen LogP) is 3.59. The van der Waals surface area contributed by atoms with Crippen molar-refractivity contribution in [1.82, 2.24) is 5.32 Å². The fourth-order valence-corrected chi connectivity index (χ4v) is 2.44. The molecule has 0 unspecified atom stereocenters. The van der Waals surface area contributed by atoms with Crippen LogP contribution in [-0.4, -0.2) is 17.0 Å². The minimum atomic E-state index is -1.20. The minimum absolute atomic E-state index is 0.188. The van der Waals surface area contributed by atoms with Crippen molar-refractivity contribution < 1.29 is 19.4 Å². The SMILES string of the molecule is CC(=O)N/C(=C/c1cccc(OCc2cccc(Br)c2)c1)C(=O)O. The van der Waals surface area contributed by atoms with Crippen molar-refractivity contribution in [2.45, 2.75) is 13.5 Å². The molecule has 0 spiro atoms. The fourth-order valence-electron chi connectivity index (χ4n) is 2.00. The van der Waals surface area contributed by atoms with Crippen LogP contribution in [0.15, 0.2) is 58.7 Å². The first-order valence-electron chi connectivity index (χ1n) is 7.14. The number of carboxylic acid groups (broad SMARTS) is 1. The van der Waals surface area contributed by atoms with Gasteiger partial charge in [0, 0.05) is 11.4 Å². The van der Waals surface area contributed by atoms with Crippen LogP contribution in [0.3, 0.4) is 0 Å². The van der Waals surface area contributed by atoms with Crippen molar-refractivity contribution in [1.29, 1.82) is 0 Å².